The van der Waals surface area contributed by atoms with Crippen LogP contribution in [0.1, 0.15) is 18.5 Å². The third-order valence-electron chi connectivity index (χ3n) is 2.09. The van der Waals surface area contributed by atoms with Crippen LogP contribution < -0.4 is 5.32 Å². The third-order valence-corrected chi connectivity index (χ3v) is 2.09. The maximum atomic E-state index is 11.9. The number of nitrogens with one attached hydrogen (secondary N) is 1. The van der Waals surface area contributed by atoms with Gasteiger partial charge >= 0.3 is 6.18 Å². The van der Waals surface area contributed by atoms with Crippen molar-refractivity contribution in [1.29, 1.82) is 0 Å². The minimum atomic E-state index is -4.30. The zero-order valence-corrected chi connectivity index (χ0v) is 8.54. The van der Waals surface area contributed by atoms with Crippen molar-refractivity contribution in [2.45, 2.75) is 19.1 Å². The van der Waals surface area contributed by atoms with Crippen LogP contribution in [-0.2, 0) is 0 Å². The largest absolute Gasteiger partial charge is 0.508 e. The zero-order chi connectivity index (χ0) is 12.3. The molecule has 0 saturated heterocycles. The molecule has 0 bridgehead atoms. The smallest absolute Gasteiger partial charge is 0.401 e. The van der Waals surface area contributed by atoms with Gasteiger partial charge in [-0.3, -0.25) is 0 Å². The first-order valence-electron chi connectivity index (χ1n) is 4.61. The molecule has 1 rings (SSSR count). The highest BCUT2D eigenvalue weighted by atomic mass is 19.4. The van der Waals surface area contributed by atoms with Crippen LogP contribution in [0, 0.1) is 0 Å². The van der Waals surface area contributed by atoms with Crippen LogP contribution in [-0.4, -0.2) is 22.9 Å². The van der Waals surface area contributed by atoms with Crippen molar-refractivity contribution in [3.05, 3.63) is 23.8 Å². The van der Waals surface area contributed by atoms with Gasteiger partial charge in [-0.25, -0.2) is 0 Å². The first-order valence-corrected chi connectivity index (χ1v) is 4.61. The summed E-state index contributed by atoms with van der Waals surface area (Å²) in [5, 5.41) is 20.8. The lowest BCUT2D eigenvalue weighted by molar-refractivity contribution is -0.126. The van der Waals surface area contributed by atoms with Gasteiger partial charge in [-0.15, -0.1) is 0 Å². The number of phenols is 2. The third kappa shape index (κ3) is 3.62. The van der Waals surface area contributed by atoms with Crippen LogP contribution in [0.2, 0.25) is 0 Å². The van der Waals surface area contributed by atoms with Crippen LogP contribution in [0.3, 0.4) is 0 Å². The average molecular weight is 235 g/mol. The van der Waals surface area contributed by atoms with Crippen molar-refractivity contribution < 1.29 is 23.4 Å². The molecule has 0 aliphatic rings. The van der Waals surface area contributed by atoms with Crippen LogP contribution in [0.5, 0.6) is 11.5 Å². The summed E-state index contributed by atoms with van der Waals surface area (Å²) in [5.74, 6) is -0.256. The summed E-state index contributed by atoms with van der Waals surface area (Å²) in [6.45, 7) is 0.323. The second-order valence-corrected chi connectivity index (χ2v) is 3.46. The molecule has 90 valence electrons. The predicted molar refractivity (Wildman–Crippen MR) is 52.2 cm³/mol. The molecule has 0 aliphatic carbocycles. The van der Waals surface area contributed by atoms with Crippen LogP contribution >= 0.6 is 0 Å². The number of aromatic hydroxyl groups is 2. The molecule has 3 N–H and O–H groups in total. The highest BCUT2D eigenvalue weighted by Crippen LogP contribution is 2.28. The van der Waals surface area contributed by atoms with Crippen molar-refractivity contribution in [2.75, 3.05) is 6.54 Å². The first kappa shape index (κ1) is 12.6. The molecule has 1 aromatic carbocycles. The number of hydrogen-bond donors (Lipinski definition) is 3. The molecular weight excluding hydrogens is 223 g/mol. The summed E-state index contributed by atoms with van der Waals surface area (Å²) in [5.41, 5.74) is 0.226. The van der Waals surface area contributed by atoms with Gasteiger partial charge in [0.1, 0.15) is 11.5 Å². The summed E-state index contributed by atoms with van der Waals surface area (Å²) in [6, 6.07) is 3.02. The number of hydrogen-bond acceptors (Lipinski definition) is 3. The number of phenolic OH excluding ortho intramolecular Hbond substituents is 2. The van der Waals surface area contributed by atoms with Gasteiger partial charge in [-0.2, -0.15) is 13.2 Å². The Morgan fingerprint density at radius 2 is 1.94 bits per heavy atom. The Kier molecular flexibility index (Phi) is 3.64. The molecule has 0 saturated carbocycles. The van der Waals surface area contributed by atoms with Gasteiger partial charge < -0.3 is 15.5 Å². The Hall–Kier alpha value is -1.43. The van der Waals surface area contributed by atoms with Crippen LogP contribution in [0.15, 0.2) is 18.2 Å². The quantitative estimate of drug-likeness (QED) is 0.705. The molecule has 0 spiro atoms. The van der Waals surface area contributed by atoms with E-state index >= 15 is 0 Å². The topological polar surface area (TPSA) is 52.5 Å². The summed E-state index contributed by atoms with van der Waals surface area (Å²) >= 11 is 0. The van der Waals surface area contributed by atoms with E-state index in [4.69, 9.17) is 5.11 Å². The fraction of sp³-hybridized carbons (Fsp3) is 0.400. The van der Waals surface area contributed by atoms with E-state index in [1.807, 2.05) is 0 Å². The van der Waals surface area contributed by atoms with Crippen molar-refractivity contribution in [1.82, 2.24) is 5.32 Å². The standard InChI is InChI=1S/C10H12F3NO2/c1-6(14-5-10(11,12)13)8-4-7(15)2-3-9(8)16/h2-4,6,14-16H,5H2,1H3. The SMILES string of the molecule is CC(NCC(F)(F)F)c1cc(O)ccc1O. The fourth-order valence-corrected chi connectivity index (χ4v) is 1.27. The van der Waals surface area contributed by atoms with Crippen molar-refractivity contribution in [3.63, 3.8) is 0 Å². The normalized spacial score (nSPS) is 13.8. The number of rotatable bonds is 3. The van der Waals surface area contributed by atoms with E-state index in [1.54, 1.807) is 0 Å². The Morgan fingerprint density at radius 3 is 2.50 bits per heavy atom. The number of alkyl halides is 3. The van der Waals surface area contributed by atoms with Crippen LogP contribution in [0.25, 0.3) is 0 Å². The van der Waals surface area contributed by atoms with Gasteiger partial charge in [0.2, 0.25) is 0 Å². The molecule has 0 radical (unpaired) electrons. The summed E-state index contributed by atoms with van der Waals surface area (Å²) in [4.78, 5) is 0. The summed E-state index contributed by atoms with van der Waals surface area (Å²) < 4.78 is 35.8. The fourth-order valence-electron chi connectivity index (χ4n) is 1.27. The van der Waals surface area contributed by atoms with E-state index in [0.717, 1.165) is 0 Å². The number of halogens is 3. The Bertz CT molecular complexity index is 366. The van der Waals surface area contributed by atoms with Gasteiger partial charge in [0.15, 0.2) is 0 Å². The van der Waals surface area contributed by atoms with Crippen molar-refractivity contribution in [3.8, 4) is 11.5 Å². The molecule has 16 heavy (non-hydrogen) atoms. The Balaban J connectivity index is 2.73. The molecule has 1 aromatic rings. The highest BCUT2D eigenvalue weighted by Gasteiger charge is 2.27. The average Bonchev–Trinajstić information content (AvgIpc) is 2.17. The number of benzene rings is 1. The second-order valence-electron chi connectivity index (χ2n) is 3.46. The molecule has 0 aliphatic heterocycles. The lowest BCUT2D eigenvalue weighted by Gasteiger charge is -2.17. The van der Waals surface area contributed by atoms with Crippen molar-refractivity contribution in [2.24, 2.45) is 0 Å². The van der Waals surface area contributed by atoms with E-state index in [-0.39, 0.29) is 17.1 Å². The van der Waals surface area contributed by atoms with E-state index in [9.17, 15) is 18.3 Å². The Morgan fingerprint density at radius 1 is 1.31 bits per heavy atom. The van der Waals surface area contributed by atoms with Gasteiger partial charge in [-0.1, -0.05) is 0 Å². The second kappa shape index (κ2) is 4.61. The first-order chi connectivity index (χ1) is 7.29. The van der Waals surface area contributed by atoms with Crippen LogP contribution in [0.4, 0.5) is 13.2 Å². The van der Waals surface area contributed by atoms with E-state index in [0.29, 0.717) is 0 Å². The minimum Gasteiger partial charge on any atom is -0.508 e. The predicted octanol–water partition coefficient (Wildman–Crippen LogP) is 2.31. The van der Waals surface area contributed by atoms with Gasteiger partial charge in [0.25, 0.3) is 0 Å². The molecule has 1 atom stereocenters. The maximum Gasteiger partial charge on any atom is 0.401 e. The molecule has 0 fully saturated rings. The van der Waals surface area contributed by atoms with E-state index in [1.165, 1.54) is 25.1 Å². The molecule has 0 aromatic heterocycles. The molecule has 0 amide bonds. The molecule has 0 heterocycles. The minimum absolute atomic E-state index is 0.103. The Labute approximate surface area is 90.5 Å². The molecular formula is C10H12F3NO2. The highest BCUT2D eigenvalue weighted by molar-refractivity contribution is 5.40. The van der Waals surface area contributed by atoms with Gasteiger partial charge in [0.05, 0.1) is 6.54 Å². The lowest BCUT2D eigenvalue weighted by Crippen LogP contribution is -2.30. The van der Waals surface area contributed by atoms with E-state index < -0.39 is 18.8 Å². The summed E-state index contributed by atoms with van der Waals surface area (Å²) in [6.07, 6.45) is -4.30. The van der Waals surface area contributed by atoms with Gasteiger partial charge in [0, 0.05) is 11.6 Å². The monoisotopic (exact) mass is 235 g/mol. The van der Waals surface area contributed by atoms with Gasteiger partial charge in [-0.05, 0) is 25.1 Å². The molecule has 3 nitrogen and oxygen atoms in total. The van der Waals surface area contributed by atoms with E-state index in [2.05, 4.69) is 5.32 Å². The zero-order valence-electron chi connectivity index (χ0n) is 8.54. The molecule has 6 heteroatoms. The summed E-state index contributed by atoms with van der Waals surface area (Å²) in [7, 11) is 0. The maximum absolute atomic E-state index is 11.9. The van der Waals surface area contributed by atoms with Crippen molar-refractivity contribution >= 4 is 0 Å². The lowest BCUT2D eigenvalue weighted by atomic mass is 10.1. The molecule has 1 unspecified atom stereocenters.